The Labute approximate surface area is 186 Å². The van der Waals surface area contributed by atoms with Crippen LogP contribution in [0.1, 0.15) is 31.7 Å². The molecule has 2 aromatic rings. The number of amides is 1. The van der Waals surface area contributed by atoms with E-state index in [1.807, 2.05) is 36.4 Å². The van der Waals surface area contributed by atoms with Crippen LogP contribution in [0, 0.1) is 0 Å². The van der Waals surface area contributed by atoms with E-state index in [0.29, 0.717) is 19.1 Å². The SMILES string of the molecule is CC[C@@H](C)c1ccc(NC(=O)C[NH+]2CC[NH+](CCOc3ccc(OC)cc3)CC2)cc1. The van der Waals surface area contributed by atoms with E-state index in [9.17, 15) is 4.79 Å². The minimum absolute atomic E-state index is 0.0950. The third-order valence-electron chi connectivity index (χ3n) is 6.23. The average molecular weight is 428 g/mol. The standard InChI is InChI=1S/C25H35N3O3/c1-4-20(2)21-5-7-22(8-6-21)26-25(29)19-28-15-13-27(14-16-28)17-18-31-24-11-9-23(30-3)10-12-24/h5-12,20H,4,13-19H2,1-3H3,(H,26,29)/p+2/t20-/m1/s1. The van der Waals surface area contributed by atoms with Crippen LogP contribution >= 0.6 is 0 Å². The second-order valence-electron chi connectivity index (χ2n) is 8.43. The lowest BCUT2D eigenvalue weighted by Crippen LogP contribution is -3.28. The van der Waals surface area contributed by atoms with E-state index in [1.54, 1.807) is 12.0 Å². The van der Waals surface area contributed by atoms with Gasteiger partial charge in [-0.3, -0.25) is 4.79 Å². The minimum atomic E-state index is 0.0950. The first-order valence-corrected chi connectivity index (χ1v) is 11.4. The van der Waals surface area contributed by atoms with E-state index in [-0.39, 0.29) is 5.91 Å². The number of hydrogen-bond donors (Lipinski definition) is 3. The van der Waals surface area contributed by atoms with E-state index in [4.69, 9.17) is 9.47 Å². The lowest BCUT2D eigenvalue weighted by molar-refractivity contribution is -1.01. The van der Waals surface area contributed by atoms with Gasteiger partial charge in [0.1, 0.15) is 50.8 Å². The number of nitrogens with one attached hydrogen (secondary N) is 3. The summed E-state index contributed by atoms with van der Waals surface area (Å²) in [5, 5.41) is 3.05. The van der Waals surface area contributed by atoms with Gasteiger partial charge in [0.15, 0.2) is 6.54 Å². The number of carbonyl (C=O) groups is 1. The maximum Gasteiger partial charge on any atom is 0.279 e. The van der Waals surface area contributed by atoms with Crippen molar-refractivity contribution in [3.8, 4) is 11.5 Å². The number of anilines is 1. The number of carbonyl (C=O) groups excluding carboxylic acids is 1. The molecule has 1 atom stereocenters. The van der Waals surface area contributed by atoms with Gasteiger partial charge in [0.05, 0.1) is 7.11 Å². The third-order valence-corrected chi connectivity index (χ3v) is 6.23. The molecule has 168 valence electrons. The van der Waals surface area contributed by atoms with Crippen molar-refractivity contribution in [1.82, 2.24) is 0 Å². The number of hydrogen-bond acceptors (Lipinski definition) is 3. The lowest BCUT2D eigenvalue weighted by Gasteiger charge is -2.29. The fraction of sp³-hybridized carbons (Fsp3) is 0.480. The quantitative estimate of drug-likeness (QED) is 0.531. The summed E-state index contributed by atoms with van der Waals surface area (Å²) in [6.45, 7) is 10.8. The van der Waals surface area contributed by atoms with Crippen molar-refractivity contribution in [1.29, 1.82) is 0 Å². The molecule has 1 aliphatic rings. The topological polar surface area (TPSA) is 56.4 Å². The van der Waals surface area contributed by atoms with Crippen LogP contribution in [0.5, 0.6) is 11.5 Å². The highest BCUT2D eigenvalue weighted by molar-refractivity contribution is 5.91. The van der Waals surface area contributed by atoms with Gasteiger partial charge in [-0.2, -0.15) is 0 Å². The van der Waals surface area contributed by atoms with Crippen LogP contribution in [0.3, 0.4) is 0 Å². The summed E-state index contributed by atoms with van der Waals surface area (Å²) in [6, 6.07) is 16.0. The Morgan fingerprint density at radius 2 is 1.58 bits per heavy atom. The highest BCUT2D eigenvalue weighted by Gasteiger charge is 2.24. The van der Waals surface area contributed by atoms with Crippen molar-refractivity contribution >= 4 is 11.6 Å². The van der Waals surface area contributed by atoms with Gasteiger partial charge in [-0.25, -0.2) is 0 Å². The molecule has 0 spiro atoms. The predicted octanol–water partition coefficient (Wildman–Crippen LogP) is 1.01. The van der Waals surface area contributed by atoms with E-state index < -0.39 is 0 Å². The zero-order valence-corrected chi connectivity index (χ0v) is 19.1. The van der Waals surface area contributed by atoms with E-state index in [1.165, 1.54) is 10.5 Å². The van der Waals surface area contributed by atoms with Crippen LogP contribution in [-0.2, 0) is 4.79 Å². The van der Waals surface area contributed by atoms with Gasteiger partial charge in [0.2, 0.25) is 0 Å². The molecule has 3 rings (SSSR count). The van der Waals surface area contributed by atoms with Gasteiger partial charge in [-0.1, -0.05) is 26.0 Å². The molecule has 1 saturated heterocycles. The molecule has 3 N–H and O–H groups in total. The fourth-order valence-corrected chi connectivity index (χ4v) is 3.93. The molecule has 6 heteroatoms. The molecule has 31 heavy (non-hydrogen) atoms. The van der Waals surface area contributed by atoms with E-state index >= 15 is 0 Å². The highest BCUT2D eigenvalue weighted by Crippen LogP contribution is 2.20. The Hall–Kier alpha value is -2.57. The molecule has 0 unspecified atom stereocenters. The second-order valence-corrected chi connectivity index (χ2v) is 8.43. The average Bonchev–Trinajstić information content (AvgIpc) is 2.80. The Bertz CT molecular complexity index is 800. The number of ether oxygens (including phenoxy) is 2. The molecule has 1 amide bonds. The van der Waals surface area contributed by atoms with Gasteiger partial charge in [-0.15, -0.1) is 0 Å². The largest absolute Gasteiger partial charge is 0.497 e. The summed E-state index contributed by atoms with van der Waals surface area (Å²) in [5.41, 5.74) is 2.21. The first-order valence-electron chi connectivity index (χ1n) is 11.4. The maximum atomic E-state index is 12.4. The zero-order valence-electron chi connectivity index (χ0n) is 19.1. The first-order chi connectivity index (χ1) is 15.1. The monoisotopic (exact) mass is 427 g/mol. The zero-order chi connectivity index (χ0) is 22.1. The van der Waals surface area contributed by atoms with E-state index in [2.05, 4.69) is 31.3 Å². The molecule has 1 heterocycles. The number of methoxy groups -OCH3 is 1. The fourth-order valence-electron chi connectivity index (χ4n) is 3.93. The Morgan fingerprint density at radius 1 is 0.968 bits per heavy atom. The van der Waals surface area contributed by atoms with Crippen LogP contribution in [0.2, 0.25) is 0 Å². The minimum Gasteiger partial charge on any atom is -0.497 e. The van der Waals surface area contributed by atoms with Crippen LogP contribution < -0.4 is 24.6 Å². The summed E-state index contributed by atoms with van der Waals surface area (Å²) in [5.74, 6) is 2.36. The van der Waals surface area contributed by atoms with Gasteiger partial charge in [-0.05, 0) is 54.3 Å². The molecule has 0 bridgehead atoms. The van der Waals surface area contributed by atoms with Crippen molar-refractivity contribution in [2.75, 3.05) is 58.3 Å². The van der Waals surface area contributed by atoms with Crippen LogP contribution in [0.15, 0.2) is 48.5 Å². The Kier molecular flexibility index (Phi) is 8.74. The molecular formula is C25H37N3O3+2. The summed E-state index contributed by atoms with van der Waals surface area (Å²) < 4.78 is 11.0. The van der Waals surface area contributed by atoms with Crippen molar-refractivity contribution in [2.45, 2.75) is 26.2 Å². The summed E-state index contributed by atoms with van der Waals surface area (Å²) in [7, 11) is 1.66. The van der Waals surface area contributed by atoms with Crippen molar-refractivity contribution < 1.29 is 24.1 Å². The molecule has 1 aliphatic heterocycles. The number of rotatable bonds is 10. The lowest BCUT2D eigenvalue weighted by atomic mass is 9.99. The second kappa shape index (κ2) is 11.7. The van der Waals surface area contributed by atoms with Crippen LogP contribution in [0.4, 0.5) is 5.69 Å². The van der Waals surface area contributed by atoms with Gasteiger partial charge >= 0.3 is 0 Å². The predicted molar refractivity (Wildman–Crippen MR) is 123 cm³/mol. The first kappa shape index (κ1) is 23.1. The summed E-state index contributed by atoms with van der Waals surface area (Å²) in [6.07, 6.45) is 1.12. The number of benzene rings is 2. The Balaban J connectivity index is 1.33. The molecule has 0 aliphatic carbocycles. The molecule has 0 saturated carbocycles. The number of piperazine rings is 1. The van der Waals surface area contributed by atoms with Gasteiger partial charge in [0, 0.05) is 5.69 Å². The third kappa shape index (κ3) is 7.26. The van der Waals surface area contributed by atoms with Crippen molar-refractivity contribution in [3.05, 3.63) is 54.1 Å². The summed E-state index contributed by atoms with van der Waals surface area (Å²) in [4.78, 5) is 15.3. The molecule has 6 nitrogen and oxygen atoms in total. The van der Waals surface area contributed by atoms with Crippen LogP contribution in [0.25, 0.3) is 0 Å². The van der Waals surface area contributed by atoms with E-state index in [0.717, 1.165) is 56.3 Å². The molecule has 1 fully saturated rings. The molecular weight excluding hydrogens is 390 g/mol. The molecule has 0 aromatic heterocycles. The molecule has 2 aromatic carbocycles. The van der Waals surface area contributed by atoms with Crippen LogP contribution in [-0.4, -0.2) is 58.9 Å². The summed E-state index contributed by atoms with van der Waals surface area (Å²) >= 11 is 0. The van der Waals surface area contributed by atoms with Gasteiger partial charge < -0.3 is 24.6 Å². The van der Waals surface area contributed by atoms with Crippen molar-refractivity contribution in [3.63, 3.8) is 0 Å². The van der Waals surface area contributed by atoms with Crippen molar-refractivity contribution in [2.24, 2.45) is 0 Å². The Morgan fingerprint density at radius 3 is 2.19 bits per heavy atom. The highest BCUT2D eigenvalue weighted by atomic mass is 16.5. The maximum absolute atomic E-state index is 12.4. The number of quaternary nitrogens is 2. The normalized spacial score (nSPS) is 19.5. The van der Waals surface area contributed by atoms with Gasteiger partial charge in [0.25, 0.3) is 5.91 Å². The smallest absolute Gasteiger partial charge is 0.279 e. The molecule has 0 radical (unpaired) electrons.